The molecule has 2 rings (SSSR count). The highest BCUT2D eigenvalue weighted by Crippen LogP contribution is 2.69. The Bertz CT molecular complexity index is 480. The first-order chi connectivity index (χ1) is 9.02. The van der Waals surface area contributed by atoms with E-state index in [1.54, 1.807) is 0 Å². The number of rotatable bonds is 3. The highest BCUT2D eigenvalue weighted by Gasteiger charge is 2.39. The Morgan fingerprint density at radius 3 is 1.42 bits per heavy atom. The second-order valence-corrected chi connectivity index (χ2v) is 10.7. The highest BCUT2D eigenvalue weighted by molar-refractivity contribution is 14.1. The molecule has 19 heavy (non-hydrogen) atoms. The van der Waals surface area contributed by atoms with Crippen LogP contribution in [0.15, 0.2) is 70.5 Å². The van der Waals surface area contributed by atoms with E-state index in [0.717, 1.165) is 0 Å². The second-order valence-electron chi connectivity index (χ2n) is 5.49. The maximum Gasteiger partial charge on any atom is 0.267 e. The molecule has 0 N–H and O–H groups in total. The van der Waals surface area contributed by atoms with Crippen molar-refractivity contribution in [1.82, 2.24) is 0 Å². The van der Waals surface area contributed by atoms with Gasteiger partial charge in [0.05, 0.1) is 0 Å². The predicted octanol–water partition coefficient (Wildman–Crippen LogP) is 5.68. The third kappa shape index (κ3) is 2.73. The number of halogens is 1. The van der Waals surface area contributed by atoms with Gasteiger partial charge in [0.15, 0.2) is 0 Å². The van der Waals surface area contributed by atoms with Gasteiger partial charge in [0, 0.05) is 0 Å². The first-order valence-corrected chi connectivity index (χ1v) is 9.33. The number of hydrogen-bond acceptors (Lipinski definition) is 0. The van der Waals surface area contributed by atoms with Gasteiger partial charge >= 0.3 is 0 Å². The zero-order chi connectivity index (χ0) is 13.9. The Morgan fingerprint density at radius 1 is 0.789 bits per heavy atom. The molecule has 0 amide bonds. The van der Waals surface area contributed by atoms with Crippen molar-refractivity contribution in [3.63, 3.8) is 0 Å². The van der Waals surface area contributed by atoms with E-state index in [1.165, 1.54) is 9.79 Å². The summed E-state index contributed by atoms with van der Waals surface area (Å²) in [7, 11) is -1.15. The van der Waals surface area contributed by atoms with Gasteiger partial charge < -0.3 is 0 Å². The number of hydrogen-bond donors (Lipinski definition) is 0. The fourth-order valence-corrected chi connectivity index (χ4v) is 9.73. The average molecular weight is 381 g/mol. The molecule has 0 saturated carbocycles. The van der Waals surface area contributed by atoms with Gasteiger partial charge in [0.1, 0.15) is 0 Å². The zero-order valence-corrected chi connectivity index (χ0v) is 14.6. The molecule has 2 aromatic rings. The highest BCUT2D eigenvalue weighted by atomic mass is 127. The molecular weight excluding hydrogens is 362 g/mol. The molecule has 0 heterocycles. The normalized spacial score (nSPS) is 13.1. The zero-order valence-electron chi connectivity index (χ0n) is 11.6. The Hall–Kier alpha value is -0.415. The number of benzene rings is 2. The van der Waals surface area contributed by atoms with Gasteiger partial charge in [-0.2, -0.15) is 0 Å². The van der Waals surface area contributed by atoms with E-state index in [0.29, 0.717) is 0 Å². The summed E-state index contributed by atoms with van der Waals surface area (Å²) in [5.41, 5.74) is 0. The molecule has 0 saturated heterocycles. The fraction of sp³-hybridized carbons (Fsp3) is 0.250. The van der Waals surface area contributed by atoms with Crippen molar-refractivity contribution >= 4 is 36.7 Å². The summed E-state index contributed by atoms with van der Waals surface area (Å²) >= 11 is 2.45. The lowest BCUT2D eigenvalue weighted by atomic mass is 10.2. The van der Waals surface area contributed by atoms with Crippen molar-refractivity contribution in [2.24, 2.45) is 0 Å². The molecule has 0 fully saturated rings. The van der Waals surface area contributed by atoms with E-state index >= 15 is 0 Å². The molecule has 0 aromatic heterocycles. The Balaban J connectivity index is 2.70. The lowest BCUT2D eigenvalue weighted by molar-refractivity contribution is 0.787. The summed E-state index contributed by atoms with van der Waals surface area (Å²) in [5, 5.41) is 0. The Morgan fingerprint density at radius 2 is 1.16 bits per heavy atom. The van der Waals surface area contributed by atoms with Crippen LogP contribution in [0.1, 0.15) is 20.8 Å². The van der Waals surface area contributed by atoms with E-state index in [2.05, 4.69) is 108 Å². The summed E-state index contributed by atoms with van der Waals surface area (Å²) < 4.78 is 2.59. The van der Waals surface area contributed by atoms with E-state index in [9.17, 15) is 0 Å². The van der Waals surface area contributed by atoms with Gasteiger partial charge in [-0.25, -0.2) is 9.88 Å². The van der Waals surface area contributed by atoms with Crippen LogP contribution in [0.4, 0.5) is 0 Å². The molecule has 0 unspecified atom stereocenters. The molecule has 0 spiro atoms. The van der Waals surface area contributed by atoms with Crippen molar-refractivity contribution in [3.8, 4) is 0 Å². The van der Waals surface area contributed by atoms with Crippen LogP contribution < -0.4 is 0 Å². The molecule has 0 aliphatic carbocycles. The maximum atomic E-state index is 2.45. The SMILES string of the molecule is CC(C)(C)S([B]I)(c1ccccc1)c1ccccc1. The lowest BCUT2D eigenvalue weighted by Gasteiger charge is -2.50. The van der Waals surface area contributed by atoms with E-state index in [-0.39, 0.29) is 4.75 Å². The van der Waals surface area contributed by atoms with Crippen LogP contribution in [-0.4, -0.2) is 9.16 Å². The van der Waals surface area contributed by atoms with Gasteiger partial charge in [-0.05, 0) is 14.5 Å². The van der Waals surface area contributed by atoms with Crippen LogP contribution in [0.3, 0.4) is 0 Å². The molecular formula is C16H19BIS. The van der Waals surface area contributed by atoms with E-state index in [4.69, 9.17) is 0 Å². The quantitative estimate of drug-likeness (QED) is 0.474. The minimum atomic E-state index is -1.15. The fourth-order valence-electron chi connectivity index (χ4n) is 2.35. The molecule has 1 radical (unpaired) electrons. The van der Waals surface area contributed by atoms with Crippen LogP contribution in [0.2, 0.25) is 0 Å². The average Bonchev–Trinajstić information content (AvgIpc) is 2.41. The first-order valence-electron chi connectivity index (χ1n) is 6.39. The molecule has 2 aromatic carbocycles. The molecule has 0 bridgehead atoms. The van der Waals surface area contributed by atoms with Gasteiger partial charge in [0.25, 0.3) is 4.41 Å². The van der Waals surface area contributed by atoms with Crippen LogP contribution >= 0.6 is 32.3 Å². The van der Waals surface area contributed by atoms with Crippen LogP contribution in [0.25, 0.3) is 0 Å². The second kappa shape index (κ2) is 5.92. The molecule has 0 aliphatic rings. The summed E-state index contributed by atoms with van der Waals surface area (Å²) in [6.45, 7) is 7.03. The minimum Gasteiger partial charge on any atom is -0.206 e. The van der Waals surface area contributed by atoms with Crippen molar-refractivity contribution in [2.45, 2.75) is 35.3 Å². The van der Waals surface area contributed by atoms with Crippen LogP contribution in [-0.2, 0) is 0 Å². The summed E-state index contributed by atoms with van der Waals surface area (Å²) in [6, 6.07) is 21.8. The monoisotopic (exact) mass is 381 g/mol. The van der Waals surface area contributed by atoms with Crippen LogP contribution in [0.5, 0.6) is 0 Å². The summed E-state index contributed by atoms with van der Waals surface area (Å²) in [5.74, 6) is 0. The predicted molar refractivity (Wildman–Crippen MR) is 96.5 cm³/mol. The van der Waals surface area contributed by atoms with E-state index < -0.39 is 9.88 Å². The lowest BCUT2D eigenvalue weighted by Crippen LogP contribution is -2.28. The van der Waals surface area contributed by atoms with Gasteiger partial charge in [0.2, 0.25) is 0 Å². The van der Waals surface area contributed by atoms with Crippen molar-refractivity contribution in [1.29, 1.82) is 0 Å². The van der Waals surface area contributed by atoms with Crippen molar-refractivity contribution in [3.05, 3.63) is 60.7 Å². The minimum absolute atomic E-state index is 0.191. The third-order valence-electron chi connectivity index (χ3n) is 3.33. The van der Waals surface area contributed by atoms with Gasteiger partial charge in [-0.1, -0.05) is 81.4 Å². The Labute approximate surface area is 132 Å². The third-order valence-corrected chi connectivity index (χ3v) is 9.85. The molecule has 0 aliphatic heterocycles. The molecule has 0 atom stereocenters. The molecule has 3 heteroatoms. The van der Waals surface area contributed by atoms with Crippen molar-refractivity contribution in [2.75, 3.05) is 0 Å². The molecule has 0 nitrogen and oxygen atoms in total. The first kappa shape index (κ1) is 15.0. The standard InChI is InChI=1S/C16H19BIS/c1-16(2,3)19(17-18,14-10-6-4-7-11-14)15-12-8-5-9-13-15/h4-13H,1-3H3. The molecule has 99 valence electrons. The Kier molecular flexibility index (Phi) is 4.67. The largest absolute Gasteiger partial charge is 0.267 e. The topological polar surface area (TPSA) is 0 Å². The van der Waals surface area contributed by atoms with Crippen LogP contribution in [0, 0.1) is 0 Å². The summed E-state index contributed by atoms with van der Waals surface area (Å²) in [6.07, 6.45) is 0. The van der Waals surface area contributed by atoms with Gasteiger partial charge in [-0.15, -0.1) is 22.4 Å². The van der Waals surface area contributed by atoms with Crippen molar-refractivity contribution < 1.29 is 0 Å². The van der Waals surface area contributed by atoms with Gasteiger partial charge in [-0.3, -0.25) is 0 Å². The smallest absolute Gasteiger partial charge is 0.206 e. The van der Waals surface area contributed by atoms with E-state index in [1.807, 2.05) is 0 Å². The summed E-state index contributed by atoms with van der Waals surface area (Å²) in [4.78, 5) is 2.87. The maximum absolute atomic E-state index is 2.45.